The molecule has 0 radical (unpaired) electrons. The highest BCUT2D eigenvalue weighted by molar-refractivity contribution is 5.70. The lowest BCUT2D eigenvalue weighted by Gasteiger charge is -2.36. The fraction of sp³-hybridized carbons (Fsp3) is 0.381. The summed E-state index contributed by atoms with van der Waals surface area (Å²) in [7, 11) is 1.55. The van der Waals surface area contributed by atoms with E-state index in [9.17, 15) is 9.90 Å². The number of ether oxygens (including phenoxy) is 2. The maximum atomic E-state index is 11.6. The van der Waals surface area contributed by atoms with Crippen molar-refractivity contribution in [2.45, 2.75) is 30.6 Å². The molecule has 1 aromatic carbocycles. The minimum absolute atomic E-state index is 0.0101. The minimum atomic E-state index is -1.41. The van der Waals surface area contributed by atoms with Crippen molar-refractivity contribution >= 4 is 5.97 Å². The number of hydrogen-bond acceptors (Lipinski definition) is 5. The van der Waals surface area contributed by atoms with Crippen molar-refractivity contribution in [3.8, 4) is 5.75 Å². The van der Waals surface area contributed by atoms with Gasteiger partial charge in [0.25, 0.3) is 5.54 Å². The smallest absolute Gasteiger partial charge is 0.332 e. The molecule has 28 heavy (non-hydrogen) atoms. The van der Waals surface area contributed by atoms with Gasteiger partial charge in [-0.15, -0.1) is 0 Å². The Balaban J connectivity index is 2.48. The number of nitrogens with zero attached hydrogens (tertiary/aromatic N) is 2. The summed E-state index contributed by atoms with van der Waals surface area (Å²) in [5, 5.41) is 19.2. The van der Waals surface area contributed by atoms with E-state index in [-0.39, 0.29) is 18.5 Å². The second-order valence-electron chi connectivity index (χ2n) is 6.53. The summed E-state index contributed by atoms with van der Waals surface area (Å²) in [5.41, 5.74) is -0.628. The van der Waals surface area contributed by atoms with Crippen LogP contribution in [0.5, 0.6) is 5.75 Å². The number of aliphatic hydroxyl groups excluding tert-OH is 2. The number of methoxy groups -OCH3 is 1. The van der Waals surface area contributed by atoms with Crippen molar-refractivity contribution in [3.63, 3.8) is 0 Å². The highest BCUT2D eigenvalue weighted by Crippen LogP contribution is 2.42. The first kappa shape index (κ1) is 21.2. The Morgan fingerprint density at radius 1 is 1.32 bits per heavy atom. The predicted octanol–water partition coefficient (Wildman–Crippen LogP) is 2.17. The van der Waals surface area contributed by atoms with Gasteiger partial charge in [-0.1, -0.05) is 24.8 Å². The number of carbonyl (C=O) groups excluding carboxylic acids is 1. The molecule has 1 aliphatic rings. The Labute approximate surface area is 164 Å². The predicted molar refractivity (Wildman–Crippen MR) is 102 cm³/mol. The first-order chi connectivity index (χ1) is 13.4. The van der Waals surface area contributed by atoms with Gasteiger partial charge in [-0.2, -0.15) is 0 Å². The molecule has 1 aliphatic carbocycles. The Morgan fingerprint density at radius 3 is 2.54 bits per heavy atom. The molecule has 2 rings (SSSR count). The van der Waals surface area contributed by atoms with Crippen LogP contribution in [0, 0.1) is 19.1 Å². The molecule has 4 atom stereocenters. The quantitative estimate of drug-likeness (QED) is 0.429. The molecule has 0 aliphatic heterocycles. The standard InChI is InChI=1S/C21H22N2O5/c1-14(22-2)21(23-3,12-15-5-8-17(27-4)9-6-15)18-11-16(25)7-10-19(18)28-20(26)13-24/h5-10,16,18-19,24-25H,1,11-13H2,4H3/t16-,18-,19-,21?/m1/s1. The van der Waals surface area contributed by atoms with Crippen LogP contribution in [0.2, 0.25) is 0 Å². The van der Waals surface area contributed by atoms with E-state index in [1.54, 1.807) is 31.4 Å². The molecule has 2 N–H and O–H groups in total. The first-order valence-corrected chi connectivity index (χ1v) is 8.65. The van der Waals surface area contributed by atoms with E-state index in [0.29, 0.717) is 5.75 Å². The maximum Gasteiger partial charge on any atom is 0.332 e. The topological polar surface area (TPSA) is 84.7 Å². The van der Waals surface area contributed by atoms with Crippen LogP contribution in [0.1, 0.15) is 12.0 Å². The van der Waals surface area contributed by atoms with Crippen LogP contribution < -0.4 is 4.74 Å². The Morgan fingerprint density at radius 2 is 2.00 bits per heavy atom. The SMILES string of the molecule is [C-]#[N+]C(=C)C(Cc1ccc(OC)cc1)([N+]#[C-])[C@@H]1C[C@H](O)C=C[C@H]1OC(=O)CO. The molecule has 7 nitrogen and oxygen atoms in total. The monoisotopic (exact) mass is 382 g/mol. The summed E-state index contributed by atoms with van der Waals surface area (Å²) < 4.78 is 10.4. The van der Waals surface area contributed by atoms with E-state index in [2.05, 4.69) is 16.3 Å². The molecule has 0 saturated carbocycles. The summed E-state index contributed by atoms with van der Waals surface area (Å²) in [6, 6.07) is 7.09. The number of aliphatic hydroxyl groups is 2. The zero-order chi connectivity index (χ0) is 20.7. The Bertz CT molecular complexity index is 834. The highest BCUT2D eigenvalue weighted by atomic mass is 16.6. The second kappa shape index (κ2) is 9.18. The third-order valence-electron chi connectivity index (χ3n) is 4.89. The molecule has 0 saturated heterocycles. The van der Waals surface area contributed by atoms with Gasteiger partial charge >= 0.3 is 5.97 Å². The molecule has 146 valence electrons. The largest absolute Gasteiger partial charge is 0.497 e. The van der Waals surface area contributed by atoms with E-state index < -0.39 is 36.2 Å². The van der Waals surface area contributed by atoms with Gasteiger partial charge in [-0.05, 0) is 30.2 Å². The van der Waals surface area contributed by atoms with Crippen LogP contribution in [0.3, 0.4) is 0 Å². The van der Waals surface area contributed by atoms with Crippen molar-refractivity contribution in [1.29, 1.82) is 0 Å². The van der Waals surface area contributed by atoms with E-state index in [4.69, 9.17) is 27.7 Å². The Kier molecular flexibility index (Phi) is 6.94. The minimum Gasteiger partial charge on any atom is -0.497 e. The maximum absolute atomic E-state index is 11.6. The van der Waals surface area contributed by atoms with E-state index >= 15 is 0 Å². The summed E-state index contributed by atoms with van der Waals surface area (Å²) in [4.78, 5) is 18.8. The fourth-order valence-corrected chi connectivity index (χ4v) is 3.41. The van der Waals surface area contributed by atoms with Crippen molar-refractivity contribution in [2.24, 2.45) is 5.92 Å². The molecule has 0 aromatic heterocycles. The normalized spacial score (nSPS) is 23.0. The Hall–Kier alpha value is -3.13. The van der Waals surface area contributed by atoms with Crippen LogP contribution >= 0.6 is 0 Å². The van der Waals surface area contributed by atoms with E-state index in [0.717, 1.165) is 5.56 Å². The number of benzene rings is 1. The third kappa shape index (κ3) is 4.40. The van der Waals surface area contributed by atoms with Crippen LogP contribution in [0.25, 0.3) is 9.69 Å². The van der Waals surface area contributed by atoms with Crippen LogP contribution in [0.15, 0.2) is 48.7 Å². The zero-order valence-corrected chi connectivity index (χ0v) is 15.5. The fourth-order valence-electron chi connectivity index (χ4n) is 3.41. The molecule has 0 amide bonds. The number of esters is 1. The second-order valence-corrected chi connectivity index (χ2v) is 6.53. The van der Waals surface area contributed by atoms with Gasteiger partial charge in [0.05, 0.1) is 25.7 Å². The number of rotatable bonds is 7. The zero-order valence-electron chi connectivity index (χ0n) is 15.5. The highest BCUT2D eigenvalue weighted by Gasteiger charge is 2.54. The summed E-state index contributed by atoms with van der Waals surface area (Å²) in [5.74, 6) is -0.885. The van der Waals surface area contributed by atoms with Gasteiger partial charge in [-0.3, -0.25) is 0 Å². The lowest BCUT2D eigenvalue weighted by molar-refractivity contribution is -0.154. The number of carbonyl (C=O) groups is 1. The number of hydrogen-bond donors (Lipinski definition) is 2. The van der Waals surface area contributed by atoms with Crippen molar-refractivity contribution < 1.29 is 24.5 Å². The molecule has 0 spiro atoms. The van der Waals surface area contributed by atoms with E-state index in [1.165, 1.54) is 12.2 Å². The molecule has 0 bridgehead atoms. The van der Waals surface area contributed by atoms with Crippen molar-refractivity contribution in [3.05, 3.63) is 77.1 Å². The van der Waals surface area contributed by atoms with Crippen LogP contribution in [-0.2, 0) is 16.0 Å². The molecular formula is C21H22N2O5. The molecule has 0 heterocycles. The summed E-state index contributed by atoms with van der Waals surface area (Å²) >= 11 is 0. The van der Waals surface area contributed by atoms with Crippen molar-refractivity contribution in [2.75, 3.05) is 13.7 Å². The van der Waals surface area contributed by atoms with Gasteiger partial charge in [0, 0.05) is 6.42 Å². The molecule has 0 fully saturated rings. The first-order valence-electron chi connectivity index (χ1n) is 8.65. The molecule has 1 aromatic rings. The van der Waals surface area contributed by atoms with Crippen molar-refractivity contribution in [1.82, 2.24) is 0 Å². The lowest BCUT2D eigenvalue weighted by atomic mass is 9.70. The average Bonchev–Trinajstić information content (AvgIpc) is 2.73. The van der Waals surface area contributed by atoms with Crippen LogP contribution in [-0.4, -0.2) is 47.6 Å². The van der Waals surface area contributed by atoms with E-state index in [1.807, 2.05) is 0 Å². The summed E-state index contributed by atoms with van der Waals surface area (Å²) in [6.45, 7) is 18.3. The van der Waals surface area contributed by atoms with Gasteiger partial charge in [-0.25, -0.2) is 16.2 Å². The molecule has 7 heteroatoms. The van der Waals surface area contributed by atoms with Crippen LogP contribution in [0.4, 0.5) is 0 Å². The molecular weight excluding hydrogens is 360 g/mol. The van der Waals surface area contributed by atoms with Gasteiger partial charge < -0.3 is 24.5 Å². The lowest BCUT2D eigenvalue weighted by Crippen LogP contribution is -2.48. The average molecular weight is 382 g/mol. The molecule has 1 unspecified atom stereocenters. The van der Waals surface area contributed by atoms with Gasteiger partial charge in [0.15, 0.2) is 0 Å². The van der Waals surface area contributed by atoms with Gasteiger partial charge in [0.2, 0.25) is 5.70 Å². The van der Waals surface area contributed by atoms with Gasteiger partial charge in [0.1, 0.15) is 18.5 Å². The third-order valence-corrected chi connectivity index (χ3v) is 4.89. The summed E-state index contributed by atoms with van der Waals surface area (Å²) in [6.07, 6.45) is 1.54.